The fourth-order valence-corrected chi connectivity index (χ4v) is 2.86. The summed E-state index contributed by atoms with van der Waals surface area (Å²) in [6.45, 7) is 6.44. The molecule has 0 amide bonds. The zero-order valence-corrected chi connectivity index (χ0v) is 14.2. The highest BCUT2D eigenvalue weighted by molar-refractivity contribution is 5.74. The van der Waals surface area contributed by atoms with Gasteiger partial charge in [0.05, 0.1) is 0 Å². The zero-order chi connectivity index (χ0) is 16.9. The third kappa shape index (κ3) is 3.68. The van der Waals surface area contributed by atoms with Crippen molar-refractivity contribution in [1.82, 2.24) is 14.9 Å². The quantitative estimate of drug-likeness (QED) is 0.826. The lowest BCUT2D eigenvalue weighted by atomic mass is 10.1. The van der Waals surface area contributed by atoms with Crippen molar-refractivity contribution in [2.24, 2.45) is 5.11 Å². The number of aromatic nitrogens is 2. The Balaban J connectivity index is 1.78. The predicted molar refractivity (Wildman–Crippen MR) is 95.1 cm³/mol. The Morgan fingerprint density at radius 2 is 2.00 bits per heavy atom. The molecule has 0 bridgehead atoms. The molecule has 1 fully saturated rings. The van der Waals surface area contributed by atoms with Gasteiger partial charge in [-0.25, -0.2) is 15.5 Å². The lowest BCUT2D eigenvalue weighted by molar-refractivity contribution is 0.312. The van der Waals surface area contributed by atoms with Gasteiger partial charge in [0.2, 0.25) is 0 Å². The standard InChI is InChI=1S/C17H23N7/c1-13-4-3-5-14(10-13)11-19-16-15(22-18)17(21-12-20-16)24-8-6-23(2)7-9-24/h3-5,10,12,18H,6-9,11H2,1-2H3,(H,19,20,21). The molecule has 0 saturated carbocycles. The molecular weight excluding hydrogens is 302 g/mol. The van der Waals surface area contributed by atoms with E-state index in [2.05, 4.69) is 62.4 Å². The molecular formula is C17H23N7. The van der Waals surface area contributed by atoms with Crippen molar-refractivity contribution in [3.63, 3.8) is 0 Å². The van der Waals surface area contributed by atoms with Gasteiger partial charge in [0.15, 0.2) is 17.3 Å². The van der Waals surface area contributed by atoms with Gasteiger partial charge in [0.1, 0.15) is 6.33 Å². The summed E-state index contributed by atoms with van der Waals surface area (Å²) in [6, 6.07) is 8.31. The summed E-state index contributed by atoms with van der Waals surface area (Å²) in [5.41, 5.74) is 10.5. The van der Waals surface area contributed by atoms with E-state index in [-0.39, 0.29) is 0 Å². The minimum absolute atomic E-state index is 0.509. The molecule has 24 heavy (non-hydrogen) atoms. The maximum atomic E-state index is 7.57. The molecule has 2 aromatic rings. The highest BCUT2D eigenvalue weighted by Crippen LogP contribution is 2.33. The summed E-state index contributed by atoms with van der Waals surface area (Å²) in [4.78, 5) is 13.1. The molecule has 0 unspecified atom stereocenters. The second kappa shape index (κ2) is 7.35. The Hall–Kier alpha value is -2.54. The van der Waals surface area contributed by atoms with E-state index in [1.54, 1.807) is 6.33 Å². The number of benzene rings is 1. The summed E-state index contributed by atoms with van der Waals surface area (Å²) in [5, 5.41) is 7.00. The van der Waals surface area contributed by atoms with Gasteiger partial charge >= 0.3 is 0 Å². The second-order valence-electron chi connectivity index (χ2n) is 6.14. The molecule has 0 radical (unpaired) electrons. The molecule has 7 nitrogen and oxygen atoms in total. The van der Waals surface area contributed by atoms with Crippen LogP contribution in [0.3, 0.4) is 0 Å². The number of nitrogens with one attached hydrogen (secondary N) is 2. The maximum absolute atomic E-state index is 7.57. The van der Waals surface area contributed by atoms with Gasteiger partial charge in [-0.15, -0.1) is 0 Å². The van der Waals surface area contributed by atoms with E-state index < -0.39 is 0 Å². The van der Waals surface area contributed by atoms with Crippen molar-refractivity contribution >= 4 is 17.3 Å². The maximum Gasteiger partial charge on any atom is 0.170 e. The van der Waals surface area contributed by atoms with E-state index in [1.165, 1.54) is 11.1 Å². The predicted octanol–water partition coefficient (Wildman–Crippen LogP) is 2.81. The Bertz CT molecular complexity index is 708. The topological polar surface area (TPSA) is 80.5 Å². The first-order chi connectivity index (χ1) is 11.7. The van der Waals surface area contributed by atoms with Gasteiger partial charge in [-0.05, 0) is 19.5 Å². The van der Waals surface area contributed by atoms with Crippen LogP contribution >= 0.6 is 0 Å². The normalized spacial score (nSPS) is 15.3. The summed E-state index contributed by atoms with van der Waals surface area (Å²) < 4.78 is 0. The number of hydrogen-bond donors (Lipinski definition) is 2. The molecule has 0 spiro atoms. The molecule has 1 aromatic heterocycles. The van der Waals surface area contributed by atoms with E-state index >= 15 is 0 Å². The minimum Gasteiger partial charge on any atom is -0.364 e. The molecule has 7 heteroatoms. The molecule has 1 aliphatic heterocycles. The van der Waals surface area contributed by atoms with Crippen molar-refractivity contribution in [1.29, 1.82) is 5.53 Å². The van der Waals surface area contributed by atoms with Crippen LogP contribution in [0, 0.1) is 12.5 Å². The van der Waals surface area contributed by atoms with E-state index in [9.17, 15) is 0 Å². The van der Waals surface area contributed by atoms with Crippen LogP contribution in [0.1, 0.15) is 11.1 Å². The highest BCUT2D eigenvalue weighted by Gasteiger charge is 2.20. The van der Waals surface area contributed by atoms with Gasteiger partial charge < -0.3 is 15.1 Å². The number of nitrogens with zero attached hydrogens (tertiary/aromatic N) is 5. The van der Waals surface area contributed by atoms with Gasteiger partial charge in [-0.2, -0.15) is 5.11 Å². The average Bonchev–Trinajstić information content (AvgIpc) is 2.60. The molecule has 1 aromatic carbocycles. The summed E-state index contributed by atoms with van der Waals surface area (Å²) in [7, 11) is 2.11. The number of anilines is 2. The zero-order valence-electron chi connectivity index (χ0n) is 14.2. The lowest BCUT2D eigenvalue weighted by Gasteiger charge is -2.33. The van der Waals surface area contributed by atoms with Crippen LogP contribution in [-0.4, -0.2) is 48.1 Å². The summed E-state index contributed by atoms with van der Waals surface area (Å²) >= 11 is 0. The smallest absolute Gasteiger partial charge is 0.170 e. The van der Waals surface area contributed by atoms with Crippen LogP contribution in [0.2, 0.25) is 0 Å². The molecule has 3 rings (SSSR count). The monoisotopic (exact) mass is 325 g/mol. The SMILES string of the molecule is Cc1cccc(CNc2ncnc(N3CCN(C)CC3)c2N=N)c1. The molecule has 0 aliphatic carbocycles. The van der Waals surface area contributed by atoms with Crippen LogP contribution in [0.4, 0.5) is 17.3 Å². The fourth-order valence-electron chi connectivity index (χ4n) is 2.86. The third-order valence-electron chi connectivity index (χ3n) is 4.26. The first-order valence-electron chi connectivity index (χ1n) is 8.13. The van der Waals surface area contributed by atoms with Crippen molar-refractivity contribution in [2.75, 3.05) is 43.4 Å². The lowest BCUT2D eigenvalue weighted by Crippen LogP contribution is -2.44. The number of aryl methyl sites for hydroxylation is 1. The number of likely N-dealkylation sites (N-methyl/N-ethyl adjacent to an activating group) is 1. The van der Waals surface area contributed by atoms with E-state index in [4.69, 9.17) is 5.53 Å². The first kappa shape index (κ1) is 16.3. The number of hydrogen-bond acceptors (Lipinski definition) is 7. The van der Waals surface area contributed by atoms with Crippen LogP contribution in [0.15, 0.2) is 35.7 Å². The van der Waals surface area contributed by atoms with Gasteiger partial charge in [0, 0.05) is 32.7 Å². The summed E-state index contributed by atoms with van der Waals surface area (Å²) in [5.74, 6) is 1.34. The van der Waals surface area contributed by atoms with Crippen LogP contribution in [0.25, 0.3) is 0 Å². The fraction of sp³-hybridized carbons (Fsp3) is 0.412. The molecule has 2 heterocycles. The average molecular weight is 325 g/mol. The van der Waals surface area contributed by atoms with Crippen molar-refractivity contribution < 1.29 is 0 Å². The summed E-state index contributed by atoms with van der Waals surface area (Å²) in [6.07, 6.45) is 1.54. The number of piperazine rings is 1. The molecule has 1 aliphatic rings. The van der Waals surface area contributed by atoms with Gasteiger partial charge in [-0.3, -0.25) is 0 Å². The van der Waals surface area contributed by atoms with Gasteiger partial charge in [-0.1, -0.05) is 29.8 Å². The Morgan fingerprint density at radius 3 is 2.71 bits per heavy atom. The van der Waals surface area contributed by atoms with Crippen molar-refractivity contribution in [2.45, 2.75) is 13.5 Å². The second-order valence-corrected chi connectivity index (χ2v) is 6.14. The third-order valence-corrected chi connectivity index (χ3v) is 4.26. The molecule has 2 N–H and O–H groups in total. The van der Waals surface area contributed by atoms with E-state index in [0.29, 0.717) is 18.1 Å². The van der Waals surface area contributed by atoms with Crippen molar-refractivity contribution in [3.8, 4) is 0 Å². The van der Waals surface area contributed by atoms with E-state index in [0.717, 1.165) is 32.0 Å². The first-order valence-corrected chi connectivity index (χ1v) is 8.13. The van der Waals surface area contributed by atoms with E-state index in [1.807, 2.05) is 6.07 Å². The van der Waals surface area contributed by atoms with Crippen LogP contribution < -0.4 is 10.2 Å². The highest BCUT2D eigenvalue weighted by atomic mass is 15.3. The van der Waals surface area contributed by atoms with Crippen LogP contribution in [0.5, 0.6) is 0 Å². The van der Waals surface area contributed by atoms with Gasteiger partial charge in [0.25, 0.3) is 0 Å². The van der Waals surface area contributed by atoms with Crippen LogP contribution in [-0.2, 0) is 6.54 Å². The Labute approximate surface area is 142 Å². The molecule has 126 valence electrons. The molecule has 0 atom stereocenters. The minimum atomic E-state index is 0.509. The molecule has 1 saturated heterocycles. The largest absolute Gasteiger partial charge is 0.364 e. The number of rotatable bonds is 5. The van der Waals surface area contributed by atoms with Crippen molar-refractivity contribution in [3.05, 3.63) is 41.7 Å². The Kier molecular flexibility index (Phi) is 5.00. The Morgan fingerprint density at radius 1 is 1.21 bits per heavy atom.